The van der Waals surface area contributed by atoms with Crippen molar-refractivity contribution in [2.24, 2.45) is 0 Å². The van der Waals surface area contributed by atoms with Crippen molar-refractivity contribution in [2.45, 2.75) is 13.1 Å². The number of furan rings is 1. The van der Waals surface area contributed by atoms with Crippen LogP contribution in [-0.4, -0.2) is 31.8 Å². The Balaban J connectivity index is 1.36. The lowest BCUT2D eigenvalue weighted by Crippen LogP contribution is -2.27. The highest BCUT2D eigenvalue weighted by Crippen LogP contribution is 2.19. The number of aromatic nitrogens is 4. The van der Waals surface area contributed by atoms with E-state index in [1.807, 2.05) is 24.3 Å². The van der Waals surface area contributed by atoms with Crippen LogP contribution in [0.3, 0.4) is 0 Å². The van der Waals surface area contributed by atoms with Crippen LogP contribution in [0.5, 0.6) is 0 Å². The number of benzene rings is 2. The standard InChI is InChI=1S/C23H19N5O3/c29-22(20-9-4-12-31-20)24-10-11-28-21-19(13-26-28)23(30)27(15-25-21)14-17-7-3-6-16-5-1-2-8-18(16)17/h1-9,12-13,15H,10-11,14H2,(H,24,29). The summed E-state index contributed by atoms with van der Waals surface area (Å²) < 4.78 is 8.27. The minimum absolute atomic E-state index is 0.149. The molecule has 0 atom stereocenters. The number of hydrogen-bond donors (Lipinski definition) is 1. The summed E-state index contributed by atoms with van der Waals surface area (Å²) in [6.07, 6.45) is 4.52. The molecule has 0 aliphatic carbocycles. The number of carbonyl (C=O) groups is 1. The van der Waals surface area contributed by atoms with Crippen molar-refractivity contribution in [3.8, 4) is 0 Å². The lowest BCUT2D eigenvalue weighted by Gasteiger charge is -2.09. The first-order valence-corrected chi connectivity index (χ1v) is 9.90. The van der Waals surface area contributed by atoms with Crippen molar-refractivity contribution in [1.29, 1.82) is 0 Å². The van der Waals surface area contributed by atoms with Crippen molar-refractivity contribution in [3.63, 3.8) is 0 Å². The number of fused-ring (bicyclic) bond motifs is 2. The fraction of sp³-hybridized carbons (Fsp3) is 0.130. The van der Waals surface area contributed by atoms with Gasteiger partial charge in [-0.2, -0.15) is 5.10 Å². The zero-order valence-corrected chi connectivity index (χ0v) is 16.6. The fourth-order valence-electron chi connectivity index (χ4n) is 3.66. The van der Waals surface area contributed by atoms with E-state index in [2.05, 4.69) is 33.6 Å². The van der Waals surface area contributed by atoms with Crippen molar-refractivity contribution in [2.75, 3.05) is 6.54 Å². The van der Waals surface area contributed by atoms with Gasteiger partial charge in [0.15, 0.2) is 11.4 Å². The number of nitrogens with zero attached hydrogens (tertiary/aromatic N) is 4. The van der Waals surface area contributed by atoms with Crippen molar-refractivity contribution < 1.29 is 9.21 Å². The summed E-state index contributed by atoms with van der Waals surface area (Å²) >= 11 is 0. The third-order valence-electron chi connectivity index (χ3n) is 5.20. The van der Waals surface area contributed by atoms with E-state index in [-0.39, 0.29) is 17.2 Å². The van der Waals surface area contributed by atoms with Gasteiger partial charge in [0.1, 0.15) is 11.7 Å². The second kappa shape index (κ2) is 7.91. The zero-order valence-electron chi connectivity index (χ0n) is 16.6. The smallest absolute Gasteiger partial charge is 0.287 e. The summed E-state index contributed by atoms with van der Waals surface area (Å²) in [4.78, 5) is 29.4. The second-order valence-electron chi connectivity index (χ2n) is 7.15. The molecule has 31 heavy (non-hydrogen) atoms. The van der Waals surface area contributed by atoms with Crippen LogP contribution in [0, 0.1) is 0 Å². The summed E-state index contributed by atoms with van der Waals surface area (Å²) in [6.45, 7) is 1.14. The average molecular weight is 413 g/mol. The van der Waals surface area contributed by atoms with Gasteiger partial charge in [0, 0.05) is 6.54 Å². The van der Waals surface area contributed by atoms with Crippen molar-refractivity contribution in [1.82, 2.24) is 24.6 Å². The molecule has 0 radical (unpaired) electrons. The summed E-state index contributed by atoms with van der Waals surface area (Å²) in [5, 5.41) is 9.73. The molecule has 0 aliphatic rings. The molecule has 3 heterocycles. The van der Waals surface area contributed by atoms with Gasteiger partial charge in [0.25, 0.3) is 11.5 Å². The molecule has 0 unspecified atom stereocenters. The van der Waals surface area contributed by atoms with E-state index in [1.54, 1.807) is 27.7 Å². The molecule has 0 aliphatic heterocycles. The summed E-state index contributed by atoms with van der Waals surface area (Å²) in [5.41, 5.74) is 1.39. The van der Waals surface area contributed by atoms with Crippen LogP contribution in [0.2, 0.25) is 0 Å². The number of hydrogen-bond acceptors (Lipinski definition) is 5. The van der Waals surface area contributed by atoms with Crippen LogP contribution in [0.1, 0.15) is 16.1 Å². The Morgan fingerprint density at radius 3 is 2.77 bits per heavy atom. The molecule has 5 rings (SSSR count). The van der Waals surface area contributed by atoms with Gasteiger partial charge in [0.2, 0.25) is 0 Å². The maximum absolute atomic E-state index is 13.0. The summed E-state index contributed by atoms with van der Waals surface area (Å²) in [6, 6.07) is 17.4. The lowest BCUT2D eigenvalue weighted by atomic mass is 10.0. The number of carbonyl (C=O) groups excluding carboxylic acids is 1. The molecule has 1 amide bonds. The molecule has 3 aromatic heterocycles. The lowest BCUT2D eigenvalue weighted by molar-refractivity contribution is 0.0924. The van der Waals surface area contributed by atoms with Gasteiger partial charge in [-0.3, -0.25) is 14.2 Å². The largest absolute Gasteiger partial charge is 0.459 e. The minimum Gasteiger partial charge on any atom is -0.459 e. The highest BCUT2D eigenvalue weighted by molar-refractivity contribution is 5.91. The molecular formula is C23H19N5O3. The van der Waals surface area contributed by atoms with E-state index in [1.165, 1.54) is 12.5 Å². The third kappa shape index (κ3) is 3.59. The van der Waals surface area contributed by atoms with Gasteiger partial charge in [0.05, 0.1) is 25.5 Å². The Morgan fingerprint density at radius 1 is 1.03 bits per heavy atom. The maximum Gasteiger partial charge on any atom is 0.287 e. The topological polar surface area (TPSA) is 95.0 Å². The average Bonchev–Trinajstić information content (AvgIpc) is 3.47. The van der Waals surface area contributed by atoms with E-state index in [9.17, 15) is 9.59 Å². The number of nitrogens with one attached hydrogen (secondary N) is 1. The molecule has 1 N–H and O–H groups in total. The molecule has 0 fully saturated rings. The van der Waals surface area contributed by atoms with Gasteiger partial charge in [-0.1, -0.05) is 42.5 Å². The second-order valence-corrected chi connectivity index (χ2v) is 7.15. The third-order valence-corrected chi connectivity index (χ3v) is 5.20. The Kier molecular flexibility index (Phi) is 4.80. The number of amides is 1. The predicted molar refractivity (Wildman–Crippen MR) is 116 cm³/mol. The maximum atomic E-state index is 13.0. The van der Waals surface area contributed by atoms with Crippen LogP contribution < -0.4 is 10.9 Å². The first-order valence-electron chi connectivity index (χ1n) is 9.90. The highest BCUT2D eigenvalue weighted by Gasteiger charge is 2.12. The van der Waals surface area contributed by atoms with Gasteiger partial charge >= 0.3 is 0 Å². The SMILES string of the molecule is O=C(NCCn1ncc2c(=O)n(Cc3cccc4ccccc34)cnc21)c1ccco1. The van der Waals surface area contributed by atoms with Crippen molar-refractivity contribution in [3.05, 3.63) is 95.1 Å². The molecule has 0 saturated carbocycles. The summed E-state index contributed by atoms with van der Waals surface area (Å²) in [7, 11) is 0. The molecule has 0 spiro atoms. The van der Waals surface area contributed by atoms with Crippen LogP contribution in [0.25, 0.3) is 21.8 Å². The molecule has 0 bridgehead atoms. The predicted octanol–water partition coefficient (Wildman–Crippen LogP) is 2.82. The van der Waals surface area contributed by atoms with Gasteiger partial charge in [-0.15, -0.1) is 0 Å². The first kappa shape index (κ1) is 18.8. The fourth-order valence-corrected chi connectivity index (χ4v) is 3.66. The Labute approximate surface area is 176 Å². The quantitative estimate of drug-likeness (QED) is 0.462. The highest BCUT2D eigenvalue weighted by atomic mass is 16.3. The number of rotatable bonds is 6. The van der Waals surface area contributed by atoms with Crippen molar-refractivity contribution >= 4 is 27.7 Å². The molecule has 0 saturated heterocycles. The first-order chi connectivity index (χ1) is 15.2. The summed E-state index contributed by atoms with van der Waals surface area (Å²) in [5.74, 6) is -0.0494. The normalized spacial score (nSPS) is 11.2. The molecule has 8 nitrogen and oxygen atoms in total. The molecule has 154 valence electrons. The molecule has 5 aromatic rings. The van der Waals surface area contributed by atoms with Crippen LogP contribution >= 0.6 is 0 Å². The van der Waals surface area contributed by atoms with E-state index in [0.29, 0.717) is 30.7 Å². The van der Waals surface area contributed by atoms with E-state index in [0.717, 1.165) is 16.3 Å². The Morgan fingerprint density at radius 2 is 1.90 bits per heavy atom. The molecule has 8 heteroatoms. The van der Waals surface area contributed by atoms with E-state index < -0.39 is 0 Å². The van der Waals surface area contributed by atoms with Crippen LogP contribution in [0.4, 0.5) is 0 Å². The Hall–Kier alpha value is -4.20. The van der Waals surface area contributed by atoms with E-state index in [4.69, 9.17) is 4.42 Å². The molecule has 2 aromatic carbocycles. The monoisotopic (exact) mass is 413 g/mol. The van der Waals surface area contributed by atoms with Gasteiger partial charge < -0.3 is 9.73 Å². The van der Waals surface area contributed by atoms with Crippen LogP contribution in [-0.2, 0) is 13.1 Å². The molecular weight excluding hydrogens is 394 g/mol. The minimum atomic E-state index is -0.299. The zero-order chi connectivity index (χ0) is 21.2. The van der Waals surface area contributed by atoms with Gasteiger partial charge in [-0.05, 0) is 28.5 Å². The Bertz CT molecular complexity index is 1430. The van der Waals surface area contributed by atoms with Gasteiger partial charge in [-0.25, -0.2) is 9.67 Å². The van der Waals surface area contributed by atoms with E-state index >= 15 is 0 Å². The van der Waals surface area contributed by atoms with Crippen LogP contribution in [0.15, 0.2) is 82.6 Å².